The van der Waals surface area contributed by atoms with Crippen molar-refractivity contribution in [3.05, 3.63) is 42.0 Å². The molecule has 0 bridgehead atoms. The number of nitrogens with zero attached hydrogens (tertiary/aromatic N) is 1. The van der Waals surface area contributed by atoms with Crippen LogP contribution in [-0.4, -0.2) is 71.7 Å². The molecule has 168 valence electrons. The lowest BCUT2D eigenvalue weighted by atomic mass is 10.1. The summed E-state index contributed by atoms with van der Waals surface area (Å²) in [4.78, 5) is 14.8. The maximum absolute atomic E-state index is 13.0. The highest BCUT2D eigenvalue weighted by molar-refractivity contribution is 5.80. The summed E-state index contributed by atoms with van der Waals surface area (Å²) < 4.78 is 33.0. The van der Waals surface area contributed by atoms with Crippen molar-refractivity contribution >= 4 is 5.91 Å². The molecular weight excluding hydrogens is 402 g/mol. The lowest BCUT2D eigenvalue weighted by Crippen LogP contribution is -2.48. The van der Waals surface area contributed by atoms with Crippen molar-refractivity contribution in [2.45, 2.75) is 12.5 Å². The predicted molar refractivity (Wildman–Crippen MR) is 115 cm³/mol. The van der Waals surface area contributed by atoms with E-state index in [1.807, 2.05) is 30.3 Å². The molecule has 2 aromatic rings. The van der Waals surface area contributed by atoms with Gasteiger partial charge in [0.1, 0.15) is 24.2 Å². The molecule has 1 fully saturated rings. The number of carbonyl (C=O) groups is 1. The molecule has 1 heterocycles. The minimum atomic E-state index is -0.202. The van der Waals surface area contributed by atoms with Gasteiger partial charge < -0.3 is 33.3 Å². The Labute approximate surface area is 182 Å². The molecule has 0 spiro atoms. The molecule has 8 nitrogen and oxygen atoms in total. The van der Waals surface area contributed by atoms with E-state index in [9.17, 15) is 4.79 Å². The van der Waals surface area contributed by atoms with Gasteiger partial charge in [0, 0.05) is 12.1 Å². The van der Waals surface area contributed by atoms with E-state index in [1.54, 1.807) is 39.4 Å². The maximum Gasteiger partial charge on any atom is 0.227 e. The van der Waals surface area contributed by atoms with Gasteiger partial charge in [0.25, 0.3) is 0 Å². The summed E-state index contributed by atoms with van der Waals surface area (Å²) in [5.41, 5.74) is 0.739. The van der Waals surface area contributed by atoms with E-state index in [0.29, 0.717) is 43.6 Å². The Balaban J connectivity index is 1.60. The minimum Gasteiger partial charge on any atom is -0.497 e. The van der Waals surface area contributed by atoms with Crippen LogP contribution in [-0.2, 0) is 16.0 Å². The molecule has 1 saturated heterocycles. The second-order valence-corrected chi connectivity index (χ2v) is 6.99. The van der Waals surface area contributed by atoms with E-state index < -0.39 is 0 Å². The Morgan fingerprint density at radius 2 is 1.65 bits per heavy atom. The molecule has 1 atom stereocenters. The molecule has 0 aromatic heterocycles. The monoisotopic (exact) mass is 431 g/mol. The summed E-state index contributed by atoms with van der Waals surface area (Å²) in [7, 11) is 6.27. The molecular formula is C23H29NO7. The first-order valence-electron chi connectivity index (χ1n) is 10.0. The third kappa shape index (κ3) is 5.52. The minimum absolute atomic E-state index is 0.0109. The van der Waals surface area contributed by atoms with Crippen LogP contribution in [0.1, 0.15) is 5.56 Å². The quantitative estimate of drug-likeness (QED) is 0.604. The molecule has 1 aliphatic heterocycles. The van der Waals surface area contributed by atoms with Crippen LogP contribution in [0.5, 0.6) is 28.7 Å². The molecule has 1 aliphatic rings. The van der Waals surface area contributed by atoms with Gasteiger partial charge in [0.05, 0.1) is 48.0 Å². The van der Waals surface area contributed by atoms with Crippen molar-refractivity contribution in [1.82, 2.24) is 4.90 Å². The smallest absolute Gasteiger partial charge is 0.227 e. The highest BCUT2D eigenvalue weighted by Crippen LogP contribution is 2.40. The molecule has 31 heavy (non-hydrogen) atoms. The maximum atomic E-state index is 13.0. The third-order valence-electron chi connectivity index (χ3n) is 5.11. The molecule has 0 N–H and O–H groups in total. The molecule has 1 amide bonds. The van der Waals surface area contributed by atoms with Crippen molar-refractivity contribution in [3.8, 4) is 28.7 Å². The summed E-state index contributed by atoms with van der Waals surface area (Å²) in [5.74, 6) is 3.01. The van der Waals surface area contributed by atoms with E-state index >= 15 is 0 Å². The van der Waals surface area contributed by atoms with Gasteiger partial charge >= 0.3 is 0 Å². The summed E-state index contributed by atoms with van der Waals surface area (Å²) in [6.45, 7) is 1.82. The zero-order valence-corrected chi connectivity index (χ0v) is 18.4. The molecule has 0 aliphatic carbocycles. The average molecular weight is 431 g/mol. The first kappa shape index (κ1) is 22.6. The number of hydrogen-bond donors (Lipinski definition) is 0. The van der Waals surface area contributed by atoms with Gasteiger partial charge in [-0.25, -0.2) is 0 Å². The third-order valence-corrected chi connectivity index (χ3v) is 5.11. The lowest BCUT2D eigenvalue weighted by Gasteiger charge is -2.33. The van der Waals surface area contributed by atoms with E-state index in [4.69, 9.17) is 28.4 Å². The van der Waals surface area contributed by atoms with Crippen LogP contribution in [0.25, 0.3) is 0 Å². The largest absolute Gasteiger partial charge is 0.497 e. The standard InChI is InChI=1S/C23H29NO7/c1-26-17-6-8-18(9-7-17)31-15-19-14-24(11-12-30-19)21(25)13-16-5-10-20(27-2)23(29-4)22(16)28-3/h5-10,19H,11-15H2,1-4H3/t19-/m0/s1. The molecule has 3 rings (SSSR count). The van der Waals surface area contributed by atoms with Crippen molar-refractivity contribution < 1.29 is 33.2 Å². The van der Waals surface area contributed by atoms with Crippen LogP contribution < -0.4 is 23.7 Å². The first-order valence-corrected chi connectivity index (χ1v) is 10.0. The van der Waals surface area contributed by atoms with Crippen LogP contribution in [0, 0.1) is 0 Å². The van der Waals surface area contributed by atoms with E-state index in [1.165, 1.54) is 0 Å². The zero-order chi connectivity index (χ0) is 22.2. The Morgan fingerprint density at radius 1 is 0.935 bits per heavy atom. The number of benzene rings is 2. The topological polar surface area (TPSA) is 75.7 Å². The number of amides is 1. The second-order valence-electron chi connectivity index (χ2n) is 6.99. The number of morpholine rings is 1. The van der Waals surface area contributed by atoms with Crippen LogP contribution >= 0.6 is 0 Å². The molecule has 2 aromatic carbocycles. The molecule has 0 unspecified atom stereocenters. The normalized spacial score (nSPS) is 15.9. The lowest BCUT2D eigenvalue weighted by molar-refractivity contribution is -0.139. The van der Waals surface area contributed by atoms with Crippen LogP contribution in [0.4, 0.5) is 0 Å². The van der Waals surface area contributed by atoms with Crippen molar-refractivity contribution in [1.29, 1.82) is 0 Å². The van der Waals surface area contributed by atoms with Gasteiger partial charge in [-0.2, -0.15) is 0 Å². The Kier molecular flexibility index (Phi) is 7.83. The summed E-state index contributed by atoms with van der Waals surface area (Å²) in [6.07, 6.45) is -0.0117. The SMILES string of the molecule is COc1ccc(OC[C@@H]2CN(C(=O)Cc3ccc(OC)c(OC)c3OC)CCO2)cc1. The molecule has 8 heteroatoms. The van der Waals surface area contributed by atoms with Gasteiger partial charge in [-0.15, -0.1) is 0 Å². The van der Waals surface area contributed by atoms with Crippen LogP contribution in [0.2, 0.25) is 0 Å². The number of rotatable bonds is 9. The van der Waals surface area contributed by atoms with Crippen molar-refractivity contribution in [2.75, 3.05) is 54.7 Å². The number of hydrogen-bond acceptors (Lipinski definition) is 7. The van der Waals surface area contributed by atoms with Gasteiger partial charge in [-0.3, -0.25) is 4.79 Å². The summed E-state index contributed by atoms with van der Waals surface area (Å²) in [5, 5.41) is 0. The molecule has 0 saturated carbocycles. The average Bonchev–Trinajstić information content (AvgIpc) is 2.82. The summed E-state index contributed by atoms with van der Waals surface area (Å²) in [6, 6.07) is 11.0. The van der Waals surface area contributed by atoms with E-state index in [2.05, 4.69) is 0 Å². The Morgan fingerprint density at radius 3 is 2.29 bits per heavy atom. The van der Waals surface area contributed by atoms with Gasteiger partial charge in [-0.05, 0) is 30.3 Å². The van der Waals surface area contributed by atoms with E-state index in [0.717, 1.165) is 17.1 Å². The molecule has 0 radical (unpaired) electrons. The number of ether oxygens (including phenoxy) is 6. The summed E-state index contributed by atoms with van der Waals surface area (Å²) >= 11 is 0. The number of carbonyl (C=O) groups excluding carboxylic acids is 1. The van der Waals surface area contributed by atoms with Gasteiger partial charge in [0.2, 0.25) is 11.7 Å². The van der Waals surface area contributed by atoms with E-state index in [-0.39, 0.29) is 18.4 Å². The number of methoxy groups -OCH3 is 4. The fraction of sp³-hybridized carbons (Fsp3) is 0.435. The van der Waals surface area contributed by atoms with Crippen molar-refractivity contribution in [3.63, 3.8) is 0 Å². The predicted octanol–water partition coefficient (Wildman–Crippen LogP) is 2.57. The highest BCUT2D eigenvalue weighted by Gasteiger charge is 2.26. The Hall–Kier alpha value is -3.13. The Bertz CT molecular complexity index is 869. The zero-order valence-electron chi connectivity index (χ0n) is 18.4. The van der Waals surface area contributed by atoms with Crippen molar-refractivity contribution in [2.24, 2.45) is 0 Å². The highest BCUT2D eigenvalue weighted by atomic mass is 16.5. The fourth-order valence-corrected chi connectivity index (χ4v) is 3.48. The first-order chi connectivity index (χ1) is 15.1. The van der Waals surface area contributed by atoms with Gasteiger partial charge in [0.15, 0.2) is 11.5 Å². The van der Waals surface area contributed by atoms with Crippen LogP contribution in [0.15, 0.2) is 36.4 Å². The second kappa shape index (κ2) is 10.8. The fourth-order valence-electron chi connectivity index (χ4n) is 3.48. The van der Waals surface area contributed by atoms with Gasteiger partial charge in [-0.1, -0.05) is 6.07 Å². The van der Waals surface area contributed by atoms with Crippen LogP contribution in [0.3, 0.4) is 0 Å².